The summed E-state index contributed by atoms with van der Waals surface area (Å²) >= 11 is 0. The van der Waals surface area contributed by atoms with Gasteiger partial charge in [-0.3, -0.25) is 14.2 Å². The van der Waals surface area contributed by atoms with Crippen LogP contribution >= 0.6 is 0 Å². The predicted molar refractivity (Wildman–Crippen MR) is 124 cm³/mol. The van der Waals surface area contributed by atoms with Gasteiger partial charge in [-0.15, -0.1) is 5.10 Å². The summed E-state index contributed by atoms with van der Waals surface area (Å²) in [6, 6.07) is 10.2. The van der Waals surface area contributed by atoms with E-state index in [1.165, 1.54) is 25.8 Å². The quantitative estimate of drug-likeness (QED) is 0.488. The molecule has 1 amide bonds. The first-order chi connectivity index (χ1) is 15.7. The molecule has 4 rings (SSSR count). The van der Waals surface area contributed by atoms with Gasteiger partial charge >= 0.3 is 5.69 Å². The molecule has 0 radical (unpaired) electrons. The fourth-order valence-electron chi connectivity index (χ4n) is 3.76. The molecule has 0 bridgehead atoms. The molecule has 33 heavy (non-hydrogen) atoms. The molecule has 2 aromatic heterocycles. The van der Waals surface area contributed by atoms with Crippen molar-refractivity contribution in [2.24, 2.45) is 0 Å². The van der Waals surface area contributed by atoms with Crippen LogP contribution in [0.2, 0.25) is 0 Å². The van der Waals surface area contributed by atoms with Crippen molar-refractivity contribution < 1.29 is 9.18 Å². The zero-order chi connectivity index (χ0) is 23.9. The smallest absolute Gasteiger partial charge is 0.350 e. The second-order valence-corrected chi connectivity index (χ2v) is 8.49. The van der Waals surface area contributed by atoms with Crippen molar-refractivity contribution in [3.63, 3.8) is 0 Å². The summed E-state index contributed by atoms with van der Waals surface area (Å²) < 4.78 is 17.3. The second kappa shape index (κ2) is 8.65. The van der Waals surface area contributed by atoms with Crippen LogP contribution in [0.3, 0.4) is 0 Å². The number of aromatic nitrogens is 4. The van der Waals surface area contributed by atoms with Gasteiger partial charge in [-0.2, -0.15) is 0 Å². The fraction of sp³-hybridized carbons (Fsp3) is 0.333. The Hall–Kier alpha value is -3.75. The van der Waals surface area contributed by atoms with Crippen LogP contribution in [0.25, 0.3) is 16.7 Å². The van der Waals surface area contributed by atoms with Gasteiger partial charge in [0.05, 0.1) is 17.4 Å². The van der Waals surface area contributed by atoms with Crippen molar-refractivity contribution in [3.8, 4) is 0 Å². The first-order valence-corrected chi connectivity index (χ1v) is 10.9. The van der Waals surface area contributed by atoms with Gasteiger partial charge in [-0.1, -0.05) is 19.1 Å². The highest BCUT2D eigenvalue weighted by Crippen LogP contribution is 2.17. The van der Waals surface area contributed by atoms with Crippen LogP contribution < -0.4 is 16.6 Å². The number of carbonyl (C=O) groups excluding carboxylic acids is 1. The Labute approximate surface area is 189 Å². The molecule has 0 spiro atoms. The molecule has 2 heterocycles. The van der Waals surface area contributed by atoms with Gasteiger partial charge in [0.2, 0.25) is 5.78 Å². The standard InChI is InChI=1S/C24H26FN5O3/c1-5-15(4)26-21(31)17-8-11-19-20(12-17)30-23(29(14(2)3)22(19)32)27-28(24(30)33)13-16-6-9-18(25)10-7-16/h6-12,14-15H,5,13H2,1-4H3,(H,26,31). The lowest BCUT2D eigenvalue weighted by molar-refractivity contribution is 0.0939. The maximum absolute atomic E-state index is 13.4. The van der Waals surface area contributed by atoms with Crippen LogP contribution in [-0.4, -0.2) is 30.7 Å². The first kappa shape index (κ1) is 22.4. The summed E-state index contributed by atoms with van der Waals surface area (Å²) in [6.45, 7) is 7.67. The van der Waals surface area contributed by atoms with Crippen LogP contribution in [0.1, 0.15) is 56.1 Å². The summed E-state index contributed by atoms with van der Waals surface area (Å²) in [7, 11) is 0. The third kappa shape index (κ3) is 4.06. The van der Waals surface area contributed by atoms with Crippen molar-refractivity contribution in [2.75, 3.05) is 0 Å². The van der Waals surface area contributed by atoms with Crippen LogP contribution in [0.15, 0.2) is 52.1 Å². The van der Waals surface area contributed by atoms with Crippen LogP contribution in [0.5, 0.6) is 0 Å². The van der Waals surface area contributed by atoms with Gasteiger partial charge in [0.25, 0.3) is 11.5 Å². The molecule has 8 nitrogen and oxygen atoms in total. The van der Waals surface area contributed by atoms with Crippen molar-refractivity contribution in [1.29, 1.82) is 0 Å². The van der Waals surface area contributed by atoms with Crippen molar-refractivity contribution >= 4 is 22.6 Å². The molecule has 1 N–H and O–H groups in total. The molecule has 1 unspecified atom stereocenters. The molecule has 9 heteroatoms. The van der Waals surface area contributed by atoms with E-state index in [1.54, 1.807) is 30.3 Å². The third-order valence-electron chi connectivity index (χ3n) is 5.74. The molecular weight excluding hydrogens is 425 g/mol. The molecule has 172 valence electrons. The number of fused-ring (bicyclic) bond motifs is 3. The Balaban J connectivity index is 1.95. The van der Waals surface area contributed by atoms with Gasteiger partial charge in [0, 0.05) is 17.6 Å². The number of nitrogens with one attached hydrogen (secondary N) is 1. The van der Waals surface area contributed by atoms with E-state index < -0.39 is 5.69 Å². The zero-order valence-electron chi connectivity index (χ0n) is 19.0. The maximum Gasteiger partial charge on any atom is 0.352 e. The number of carbonyl (C=O) groups is 1. The molecule has 0 fully saturated rings. The Bertz CT molecular complexity index is 1460. The third-order valence-corrected chi connectivity index (χ3v) is 5.74. The average molecular weight is 452 g/mol. The average Bonchev–Trinajstić information content (AvgIpc) is 3.10. The lowest BCUT2D eigenvalue weighted by Crippen LogP contribution is -2.32. The monoisotopic (exact) mass is 451 g/mol. The van der Waals surface area contributed by atoms with E-state index in [0.717, 1.165) is 6.42 Å². The van der Waals surface area contributed by atoms with E-state index in [1.807, 2.05) is 27.7 Å². The van der Waals surface area contributed by atoms with E-state index in [2.05, 4.69) is 10.4 Å². The molecule has 1 atom stereocenters. The highest BCUT2D eigenvalue weighted by molar-refractivity contribution is 5.98. The topological polar surface area (TPSA) is 90.4 Å². The van der Waals surface area contributed by atoms with Gasteiger partial charge in [-0.05, 0) is 63.1 Å². The van der Waals surface area contributed by atoms with Crippen LogP contribution in [0, 0.1) is 5.82 Å². The van der Waals surface area contributed by atoms with Crippen molar-refractivity contribution in [3.05, 3.63) is 80.2 Å². The van der Waals surface area contributed by atoms with E-state index in [9.17, 15) is 18.8 Å². The minimum atomic E-state index is -0.451. The lowest BCUT2D eigenvalue weighted by atomic mass is 10.1. The fourth-order valence-corrected chi connectivity index (χ4v) is 3.76. The molecule has 0 aliphatic carbocycles. The molecule has 4 aromatic rings. The van der Waals surface area contributed by atoms with Crippen LogP contribution in [0.4, 0.5) is 4.39 Å². The molecule has 0 saturated carbocycles. The number of hydrogen-bond donors (Lipinski definition) is 1. The normalized spacial score (nSPS) is 12.5. The second-order valence-electron chi connectivity index (χ2n) is 8.49. The molecule has 0 aliphatic heterocycles. The minimum absolute atomic E-state index is 0.0108. The van der Waals surface area contributed by atoms with E-state index in [0.29, 0.717) is 22.0 Å². The number of rotatable bonds is 6. The number of nitrogens with zero attached hydrogens (tertiary/aromatic N) is 4. The highest BCUT2D eigenvalue weighted by Gasteiger charge is 2.20. The Morgan fingerprint density at radius 2 is 1.79 bits per heavy atom. The summed E-state index contributed by atoms with van der Waals surface area (Å²) in [5, 5.41) is 7.65. The van der Waals surface area contributed by atoms with Gasteiger partial charge in [0.15, 0.2) is 0 Å². The molecule has 0 saturated heterocycles. The summed E-state index contributed by atoms with van der Waals surface area (Å²) in [4.78, 5) is 39.3. The van der Waals surface area contributed by atoms with E-state index >= 15 is 0 Å². The highest BCUT2D eigenvalue weighted by atomic mass is 19.1. The van der Waals surface area contributed by atoms with Gasteiger partial charge < -0.3 is 5.32 Å². The summed E-state index contributed by atoms with van der Waals surface area (Å²) in [5.41, 5.74) is 0.620. The van der Waals surface area contributed by atoms with Crippen LogP contribution in [-0.2, 0) is 6.54 Å². The van der Waals surface area contributed by atoms with Gasteiger partial charge in [-0.25, -0.2) is 18.3 Å². The summed E-state index contributed by atoms with van der Waals surface area (Å²) in [5.74, 6) is -0.461. The van der Waals surface area contributed by atoms with E-state index in [4.69, 9.17) is 0 Å². The van der Waals surface area contributed by atoms with E-state index in [-0.39, 0.29) is 41.7 Å². The number of benzene rings is 2. The van der Waals surface area contributed by atoms with Gasteiger partial charge in [0.1, 0.15) is 5.82 Å². The minimum Gasteiger partial charge on any atom is -0.350 e. The largest absolute Gasteiger partial charge is 0.352 e. The number of hydrogen-bond acceptors (Lipinski definition) is 4. The SMILES string of the molecule is CCC(C)NC(=O)c1ccc2c(=O)n(C(C)C)c3nn(Cc4ccc(F)cc4)c(=O)n3c2c1. The number of halogens is 1. The molecular formula is C24H26FN5O3. The summed E-state index contributed by atoms with van der Waals surface area (Å²) in [6.07, 6.45) is 0.776. The maximum atomic E-state index is 13.4. The zero-order valence-corrected chi connectivity index (χ0v) is 19.0. The van der Waals surface area contributed by atoms with Crippen molar-refractivity contribution in [2.45, 2.75) is 52.7 Å². The van der Waals surface area contributed by atoms with Crippen molar-refractivity contribution in [1.82, 2.24) is 24.1 Å². The number of amides is 1. The lowest BCUT2D eigenvalue weighted by Gasteiger charge is -2.14. The Kier molecular flexibility index (Phi) is 5.88. The molecule has 0 aliphatic rings. The first-order valence-electron chi connectivity index (χ1n) is 10.9. The molecule has 2 aromatic carbocycles. The predicted octanol–water partition coefficient (Wildman–Crippen LogP) is 3.11. The Morgan fingerprint density at radius 1 is 1.09 bits per heavy atom. The Morgan fingerprint density at radius 3 is 2.42 bits per heavy atom.